The molecular weight excluding hydrogens is 566 g/mol. The average Bonchev–Trinajstić information content (AvgIpc) is 2.88. The van der Waals surface area contributed by atoms with Crippen molar-refractivity contribution in [2.45, 2.75) is 39.2 Å². The Morgan fingerprint density at radius 1 is 0.902 bits per heavy atom. The molecule has 11 heteroatoms. The average molecular weight is 604 g/mol. The standard InChI is InChI=1S/C30H37NO8S2/c1-21-15-28(38-13-6-14-40(4,33)34)16-22(2)30(21)25-8-5-7-23(17-25)19-39-27-11-9-24(10-12-27)26(18-29(32)37-3)20-41(31,35)36/h5,7-12,15-17,26H,6,13-14,18-20H2,1-4H3,(H2,31,35,36). The van der Waals surface area contributed by atoms with Crippen molar-refractivity contribution in [2.24, 2.45) is 5.14 Å². The topological polar surface area (TPSA) is 139 Å². The summed E-state index contributed by atoms with van der Waals surface area (Å²) in [6.45, 7) is 4.67. The number of rotatable bonds is 14. The zero-order chi connectivity index (χ0) is 30.2. The Hall–Kier alpha value is -3.41. The summed E-state index contributed by atoms with van der Waals surface area (Å²) in [5.74, 6) is -0.120. The van der Waals surface area contributed by atoms with E-state index in [1.165, 1.54) is 13.4 Å². The lowest BCUT2D eigenvalue weighted by Gasteiger charge is -2.16. The fourth-order valence-corrected chi connectivity index (χ4v) is 6.14. The number of sulfonamides is 1. The van der Waals surface area contributed by atoms with E-state index < -0.39 is 31.7 Å². The number of carbonyl (C=O) groups is 1. The molecule has 1 atom stereocenters. The minimum Gasteiger partial charge on any atom is -0.494 e. The van der Waals surface area contributed by atoms with Gasteiger partial charge < -0.3 is 14.2 Å². The van der Waals surface area contributed by atoms with Crippen LogP contribution >= 0.6 is 0 Å². The number of primary sulfonamides is 1. The van der Waals surface area contributed by atoms with Crippen molar-refractivity contribution in [3.05, 3.63) is 82.9 Å². The smallest absolute Gasteiger partial charge is 0.306 e. The van der Waals surface area contributed by atoms with Gasteiger partial charge in [-0.3, -0.25) is 4.79 Å². The lowest BCUT2D eigenvalue weighted by atomic mass is 9.94. The highest BCUT2D eigenvalue weighted by Gasteiger charge is 2.22. The molecule has 0 saturated carbocycles. The fraction of sp³-hybridized carbons (Fsp3) is 0.367. The number of carbonyl (C=O) groups excluding carboxylic acids is 1. The van der Waals surface area contributed by atoms with Crippen molar-refractivity contribution in [1.82, 2.24) is 0 Å². The van der Waals surface area contributed by atoms with Crippen LogP contribution in [0.3, 0.4) is 0 Å². The second kappa shape index (κ2) is 14.0. The summed E-state index contributed by atoms with van der Waals surface area (Å²) < 4.78 is 62.4. The summed E-state index contributed by atoms with van der Waals surface area (Å²) in [4.78, 5) is 11.8. The van der Waals surface area contributed by atoms with Gasteiger partial charge in [0.1, 0.15) is 27.9 Å². The van der Waals surface area contributed by atoms with Gasteiger partial charge in [-0.05, 0) is 84.0 Å². The molecule has 2 N–H and O–H groups in total. The number of methoxy groups -OCH3 is 1. The van der Waals surface area contributed by atoms with Crippen LogP contribution in [0.4, 0.5) is 0 Å². The first-order valence-corrected chi connectivity index (χ1v) is 16.8. The molecule has 0 aromatic heterocycles. The van der Waals surface area contributed by atoms with Crippen LogP contribution in [0.1, 0.15) is 41.0 Å². The fourth-order valence-electron chi connectivity index (χ4n) is 4.63. The minimum atomic E-state index is -3.79. The molecule has 3 rings (SSSR count). The van der Waals surface area contributed by atoms with Crippen molar-refractivity contribution < 1.29 is 35.8 Å². The molecule has 0 bridgehead atoms. The maximum Gasteiger partial charge on any atom is 0.306 e. The summed E-state index contributed by atoms with van der Waals surface area (Å²) >= 11 is 0. The Morgan fingerprint density at radius 2 is 1.56 bits per heavy atom. The highest BCUT2D eigenvalue weighted by molar-refractivity contribution is 7.90. The monoisotopic (exact) mass is 603 g/mol. The molecule has 41 heavy (non-hydrogen) atoms. The van der Waals surface area contributed by atoms with E-state index in [9.17, 15) is 21.6 Å². The molecule has 1 unspecified atom stereocenters. The van der Waals surface area contributed by atoms with Crippen LogP contribution in [0.25, 0.3) is 11.1 Å². The first kappa shape index (κ1) is 32.1. The lowest BCUT2D eigenvalue weighted by molar-refractivity contribution is -0.140. The zero-order valence-corrected chi connectivity index (χ0v) is 25.4. The highest BCUT2D eigenvalue weighted by atomic mass is 32.2. The van der Waals surface area contributed by atoms with Crippen LogP contribution in [0, 0.1) is 13.8 Å². The third kappa shape index (κ3) is 10.5. The molecule has 0 amide bonds. The van der Waals surface area contributed by atoms with Crippen LogP contribution in [-0.2, 0) is 36.0 Å². The number of sulfone groups is 1. The van der Waals surface area contributed by atoms with Gasteiger partial charge in [-0.1, -0.05) is 30.3 Å². The molecule has 3 aromatic rings. The second-order valence-electron chi connectivity index (χ2n) is 10.1. The number of hydrogen-bond donors (Lipinski definition) is 1. The largest absolute Gasteiger partial charge is 0.494 e. The number of esters is 1. The Balaban J connectivity index is 1.68. The number of nitrogens with two attached hydrogens (primary N) is 1. The lowest BCUT2D eigenvalue weighted by Crippen LogP contribution is -2.24. The van der Waals surface area contributed by atoms with Crippen LogP contribution in [0.5, 0.6) is 11.5 Å². The van der Waals surface area contributed by atoms with Gasteiger partial charge in [0.25, 0.3) is 0 Å². The van der Waals surface area contributed by atoms with Gasteiger partial charge in [-0.25, -0.2) is 22.0 Å². The number of benzene rings is 3. The number of hydrogen-bond acceptors (Lipinski definition) is 8. The van der Waals surface area contributed by atoms with E-state index in [1.807, 2.05) is 44.2 Å². The quantitative estimate of drug-likeness (QED) is 0.213. The third-order valence-corrected chi connectivity index (χ3v) is 8.38. The summed E-state index contributed by atoms with van der Waals surface area (Å²) in [5.41, 5.74) is 5.81. The Morgan fingerprint density at radius 3 is 2.15 bits per heavy atom. The summed E-state index contributed by atoms with van der Waals surface area (Å²) in [6, 6.07) is 18.9. The van der Waals surface area contributed by atoms with Crippen LogP contribution in [-0.4, -0.2) is 54.3 Å². The minimum absolute atomic E-state index is 0.0938. The van der Waals surface area contributed by atoms with E-state index in [2.05, 4.69) is 6.07 Å². The summed E-state index contributed by atoms with van der Waals surface area (Å²) in [5, 5.41) is 5.22. The van der Waals surface area contributed by atoms with E-state index in [0.717, 1.165) is 27.8 Å². The van der Waals surface area contributed by atoms with E-state index in [-0.39, 0.29) is 17.9 Å². The normalized spacial score (nSPS) is 12.5. The van der Waals surface area contributed by atoms with E-state index in [4.69, 9.17) is 19.3 Å². The predicted octanol–water partition coefficient (Wildman–Crippen LogP) is 4.30. The van der Waals surface area contributed by atoms with E-state index in [0.29, 0.717) is 36.7 Å². The van der Waals surface area contributed by atoms with Crippen molar-refractivity contribution in [3.8, 4) is 22.6 Å². The molecule has 0 aliphatic rings. The van der Waals surface area contributed by atoms with Crippen molar-refractivity contribution in [2.75, 3.05) is 31.5 Å². The summed E-state index contributed by atoms with van der Waals surface area (Å²) in [6.07, 6.45) is 1.55. The van der Waals surface area contributed by atoms with Gasteiger partial charge in [0, 0.05) is 12.2 Å². The first-order valence-electron chi connectivity index (χ1n) is 13.0. The molecule has 3 aromatic carbocycles. The summed E-state index contributed by atoms with van der Waals surface area (Å²) in [7, 11) is -5.55. The van der Waals surface area contributed by atoms with Gasteiger partial charge in [-0.15, -0.1) is 0 Å². The Bertz CT molecular complexity index is 1540. The predicted molar refractivity (Wildman–Crippen MR) is 159 cm³/mol. The molecule has 0 fully saturated rings. The van der Waals surface area contributed by atoms with Gasteiger partial charge >= 0.3 is 5.97 Å². The van der Waals surface area contributed by atoms with Crippen molar-refractivity contribution in [3.63, 3.8) is 0 Å². The second-order valence-corrected chi connectivity index (χ2v) is 14.0. The number of ether oxygens (including phenoxy) is 3. The molecule has 0 saturated heterocycles. The molecule has 0 aliphatic carbocycles. The molecule has 222 valence electrons. The number of aryl methyl sites for hydroxylation is 2. The molecule has 0 radical (unpaired) electrons. The van der Waals surface area contributed by atoms with E-state index >= 15 is 0 Å². The first-order chi connectivity index (χ1) is 19.2. The Labute approximate surface area is 242 Å². The van der Waals surface area contributed by atoms with Crippen LogP contribution in [0.15, 0.2) is 60.7 Å². The SMILES string of the molecule is COC(=O)CC(CS(N)(=O)=O)c1ccc(OCc2cccc(-c3c(C)cc(OCCCS(C)(=O)=O)cc3C)c2)cc1. The molecular formula is C30H37NO8S2. The van der Waals surface area contributed by atoms with Crippen LogP contribution < -0.4 is 14.6 Å². The molecule has 0 heterocycles. The Kier molecular flexibility index (Phi) is 10.9. The molecule has 0 spiro atoms. The van der Waals surface area contributed by atoms with Gasteiger partial charge in [0.05, 0.1) is 31.6 Å². The third-order valence-electron chi connectivity index (χ3n) is 6.48. The van der Waals surface area contributed by atoms with E-state index in [1.54, 1.807) is 24.3 Å². The van der Waals surface area contributed by atoms with Gasteiger partial charge in [0.15, 0.2) is 0 Å². The van der Waals surface area contributed by atoms with Crippen LogP contribution in [0.2, 0.25) is 0 Å². The zero-order valence-electron chi connectivity index (χ0n) is 23.8. The van der Waals surface area contributed by atoms with Gasteiger partial charge in [-0.2, -0.15) is 0 Å². The maximum absolute atomic E-state index is 11.8. The highest BCUT2D eigenvalue weighted by Crippen LogP contribution is 2.32. The van der Waals surface area contributed by atoms with Crippen molar-refractivity contribution in [1.29, 1.82) is 0 Å². The molecule has 0 aliphatic heterocycles. The van der Waals surface area contributed by atoms with Crippen molar-refractivity contribution >= 4 is 25.8 Å². The molecule has 9 nitrogen and oxygen atoms in total. The van der Waals surface area contributed by atoms with Gasteiger partial charge in [0.2, 0.25) is 10.0 Å². The maximum atomic E-state index is 11.8.